The van der Waals surface area contributed by atoms with Crippen molar-refractivity contribution in [3.05, 3.63) is 127 Å². The molecule has 0 aliphatic heterocycles. The zero-order valence-electron chi connectivity index (χ0n) is 18.9. The van der Waals surface area contributed by atoms with Crippen molar-refractivity contribution in [1.29, 1.82) is 0 Å². The normalized spacial score (nSPS) is 11.4. The Morgan fingerprint density at radius 2 is 1.26 bits per heavy atom. The van der Waals surface area contributed by atoms with Crippen LogP contribution in [0.25, 0.3) is 38.6 Å². The molecule has 0 saturated carbocycles. The van der Waals surface area contributed by atoms with Crippen LogP contribution in [0.1, 0.15) is 0 Å². The fourth-order valence-electron chi connectivity index (χ4n) is 4.86. The van der Waals surface area contributed by atoms with Crippen molar-refractivity contribution in [2.75, 3.05) is 4.90 Å². The average molecular weight is 452 g/mol. The molecule has 2 aromatic heterocycles. The highest BCUT2D eigenvalue weighted by atomic mass is 16.4. The Hall–Kier alpha value is -4.83. The SMILES string of the molecule is c1ccc(N(c2ccc3c(c2)c2ccccc2n3-c2ccccc2)c2nc3ccccc3o2)cc1. The van der Waals surface area contributed by atoms with Gasteiger partial charge in [0.05, 0.1) is 22.4 Å². The number of fused-ring (bicyclic) bond motifs is 4. The Bertz CT molecular complexity index is 1770. The molecule has 0 spiro atoms. The summed E-state index contributed by atoms with van der Waals surface area (Å²) in [6.07, 6.45) is 0. The van der Waals surface area contributed by atoms with Crippen molar-refractivity contribution in [2.45, 2.75) is 0 Å². The minimum atomic E-state index is 0.545. The molecule has 7 aromatic rings. The Kier molecular flexibility index (Phi) is 4.42. The van der Waals surface area contributed by atoms with Gasteiger partial charge in [-0.15, -0.1) is 0 Å². The molecule has 0 radical (unpaired) electrons. The van der Waals surface area contributed by atoms with Crippen LogP contribution < -0.4 is 4.90 Å². The summed E-state index contributed by atoms with van der Waals surface area (Å²) < 4.78 is 8.54. The third-order valence-corrected chi connectivity index (χ3v) is 6.42. The van der Waals surface area contributed by atoms with Gasteiger partial charge in [0.15, 0.2) is 5.58 Å². The van der Waals surface area contributed by atoms with Crippen molar-refractivity contribution in [3.8, 4) is 5.69 Å². The van der Waals surface area contributed by atoms with E-state index in [0.717, 1.165) is 33.7 Å². The monoisotopic (exact) mass is 451 g/mol. The fourth-order valence-corrected chi connectivity index (χ4v) is 4.86. The first-order chi connectivity index (χ1) is 17.4. The molecule has 7 rings (SSSR count). The molecule has 0 unspecified atom stereocenters. The van der Waals surface area contributed by atoms with Gasteiger partial charge in [-0.05, 0) is 60.7 Å². The van der Waals surface area contributed by atoms with E-state index in [1.54, 1.807) is 0 Å². The summed E-state index contributed by atoms with van der Waals surface area (Å²) in [5.74, 6) is 0. The van der Waals surface area contributed by atoms with Crippen molar-refractivity contribution in [2.24, 2.45) is 0 Å². The third-order valence-electron chi connectivity index (χ3n) is 6.42. The van der Waals surface area contributed by atoms with Gasteiger partial charge in [-0.25, -0.2) is 0 Å². The van der Waals surface area contributed by atoms with Crippen molar-refractivity contribution < 1.29 is 4.42 Å². The quantitative estimate of drug-likeness (QED) is 0.269. The van der Waals surface area contributed by atoms with Gasteiger partial charge in [-0.3, -0.25) is 4.90 Å². The molecule has 0 fully saturated rings. The van der Waals surface area contributed by atoms with Crippen LogP contribution in [0.15, 0.2) is 132 Å². The molecule has 4 nitrogen and oxygen atoms in total. The van der Waals surface area contributed by atoms with Crippen LogP contribution in [0.5, 0.6) is 0 Å². The van der Waals surface area contributed by atoms with Crippen molar-refractivity contribution in [3.63, 3.8) is 0 Å². The molecule has 0 aliphatic rings. The predicted molar refractivity (Wildman–Crippen MR) is 143 cm³/mol. The van der Waals surface area contributed by atoms with Crippen LogP contribution in [0, 0.1) is 0 Å². The molecule has 0 saturated heterocycles. The van der Waals surface area contributed by atoms with Gasteiger partial charge in [-0.1, -0.05) is 66.7 Å². The van der Waals surface area contributed by atoms with Crippen LogP contribution >= 0.6 is 0 Å². The number of aromatic nitrogens is 2. The molecule has 0 bridgehead atoms. The topological polar surface area (TPSA) is 34.2 Å². The number of benzene rings is 5. The first-order valence-corrected chi connectivity index (χ1v) is 11.7. The minimum Gasteiger partial charge on any atom is -0.423 e. The molecule has 0 N–H and O–H groups in total. The zero-order valence-corrected chi connectivity index (χ0v) is 18.9. The Labute approximate surface area is 202 Å². The summed E-state index contributed by atoms with van der Waals surface area (Å²) in [4.78, 5) is 6.89. The van der Waals surface area contributed by atoms with Gasteiger partial charge in [-0.2, -0.15) is 4.98 Å². The zero-order chi connectivity index (χ0) is 23.2. The minimum absolute atomic E-state index is 0.545. The summed E-state index contributed by atoms with van der Waals surface area (Å²) in [7, 11) is 0. The summed E-state index contributed by atoms with van der Waals surface area (Å²) in [6, 6.07) is 44.3. The molecule has 5 aromatic carbocycles. The van der Waals surface area contributed by atoms with Crippen LogP contribution in [-0.4, -0.2) is 9.55 Å². The van der Waals surface area contributed by atoms with E-state index in [1.807, 2.05) is 48.5 Å². The van der Waals surface area contributed by atoms with Gasteiger partial charge in [0.25, 0.3) is 0 Å². The first kappa shape index (κ1) is 19.6. The molecule has 166 valence electrons. The van der Waals surface area contributed by atoms with E-state index in [4.69, 9.17) is 9.40 Å². The van der Waals surface area contributed by atoms with E-state index in [9.17, 15) is 0 Å². The standard InChI is InChI=1S/C31H21N3O/c1-3-11-22(12-4-1)33(31-32-27-16-8-10-18-30(27)35-31)24-19-20-29-26(21-24)25-15-7-9-17-28(25)34(29)23-13-5-2-6-14-23/h1-21H. The van der Waals surface area contributed by atoms with Crippen LogP contribution in [0.3, 0.4) is 0 Å². The lowest BCUT2D eigenvalue weighted by Crippen LogP contribution is -2.10. The van der Waals surface area contributed by atoms with Crippen LogP contribution in [0.4, 0.5) is 17.4 Å². The lowest BCUT2D eigenvalue weighted by Gasteiger charge is -2.21. The molecule has 4 heteroatoms. The predicted octanol–water partition coefficient (Wildman–Crippen LogP) is 8.39. The highest BCUT2D eigenvalue weighted by Gasteiger charge is 2.20. The second-order valence-electron chi connectivity index (χ2n) is 8.52. The molecule has 0 aliphatic carbocycles. The Morgan fingerprint density at radius 3 is 2.09 bits per heavy atom. The largest absolute Gasteiger partial charge is 0.423 e. The second-order valence-corrected chi connectivity index (χ2v) is 8.52. The lowest BCUT2D eigenvalue weighted by molar-refractivity contribution is 0.608. The Balaban J connectivity index is 1.49. The van der Waals surface area contributed by atoms with Gasteiger partial charge in [0.2, 0.25) is 0 Å². The van der Waals surface area contributed by atoms with E-state index in [2.05, 4.69) is 88.3 Å². The molecule has 35 heavy (non-hydrogen) atoms. The summed E-state index contributed by atoms with van der Waals surface area (Å²) >= 11 is 0. The number of hydrogen-bond donors (Lipinski definition) is 0. The van der Waals surface area contributed by atoms with E-state index in [0.29, 0.717) is 6.01 Å². The number of nitrogens with zero attached hydrogens (tertiary/aromatic N) is 3. The second kappa shape index (κ2) is 7.89. The highest BCUT2D eigenvalue weighted by Crippen LogP contribution is 2.39. The van der Waals surface area contributed by atoms with E-state index < -0.39 is 0 Å². The van der Waals surface area contributed by atoms with E-state index in [-0.39, 0.29) is 0 Å². The Morgan fingerprint density at radius 1 is 0.571 bits per heavy atom. The van der Waals surface area contributed by atoms with E-state index >= 15 is 0 Å². The lowest BCUT2D eigenvalue weighted by atomic mass is 10.1. The van der Waals surface area contributed by atoms with Crippen LogP contribution in [-0.2, 0) is 0 Å². The molecular formula is C31H21N3O. The number of oxazole rings is 1. The molecular weight excluding hydrogens is 430 g/mol. The average Bonchev–Trinajstić information content (AvgIpc) is 3.49. The van der Waals surface area contributed by atoms with Crippen LogP contribution in [0.2, 0.25) is 0 Å². The maximum Gasteiger partial charge on any atom is 0.307 e. The van der Waals surface area contributed by atoms with Crippen molar-refractivity contribution >= 4 is 50.3 Å². The van der Waals surface area contributed by atoms with Gasteiger partial charge in [0, 0.05) is 16.5 Å². The number of para-hydroxylation sites is 5. The molecule has 2 heterocycles. The van der Waals surface area contributed by atoms with Gasteiger partial charge >= 0.3 is 6.01 Å². The maximum atomic E-state index is 6.22. The third kappa shape index (κ3) is 3.19. The van der Waals surface area contributed by atoms with Crippen molar-refractivity contribution in [1.82, 2.24) is 9.55 Å². The summed E-state index contributed by atoms with van der Waals surface area (Å²) in [6.45, 7) is 0. The van der Waals surface area contributed by atoms with Gasteiger partial charge < -0.3 is 8.98 Å². The summed E-state index contributed by atoms with van der Waals surface area (Å²) in [5.41, 5.74) is 7.07. The number of anilines is 3. The molecule has 0 amide bonds. The number of hydrogen-bond acceptors (Lipinski definition) is 3. The fraction of sp³-hybridized carbons (Fsp3) is 0. The summed E-state index contributed by atoms with van der Waals surface area (Å²) in [5, 5.41) is 2.39. The maximum absolute atomic E-state index is 6.22. The smallest absolute Gasteiger partial charge is 0.307 e. The molecule has 0 atom stereocenters. The number of rotatable bonds is 4. The van der Waals surface area contributed by atoms with E-state index in [1.165, 1.54) is 16.3 Å². The highest BCUT2D eigenvalue weighted by molar-refractivity contribution is 6.10. The van der Waals surface area contributed by atoms with Gasteiger partial charge in [0.1, 0.15) is 5.52 Å². The first-order valence-electron chi connectivity index (χ1n) is 11.7.